The number of nitrogen functional groups attached to an aromatic ring is 1. The zero-order valence-electron chi connectivity index (χ0n) is 9.34. The maximum atomic E-state index is 11.6. The Morgan fingerprint density at radius 1 is 0.882 bits per heavy atom. The molecule has 17 heavy (non-hydrogen) atoms. The Balaban J connectivity index is 2.43. The van der Waals surface area contributed by atoms with Gasteiger partial charge in [0.1, 0.15) is 0 Å². The first-order chi connectivity index (χ1) is 8.18. The number of hydrogen-bond donors (Lipinski definition) is 2. The molecule has 2 aromatic carbocycles. The van der Waals surface area contributed by atoms with Gasteiger partial charge in [0.2, 0.25) is 5.91 Å². The molecule has 1 atom stereocenters. The van der Waals surface area contributed by atoms with E-state index >= 15 is 0 Å². The zero-order valence-corrected chi connectivity index (χ0v) is 9.34. The molecular formula is C14H14N2O. The first-order valence-corrected chi connectivity index (χ1v) is 5.38. The molecule has 0 aliphatic heterocycles. The molecule has 0 aliphatic rings. The molecule has 3 nitrogen and oxygen atoms in total. The summed E-state index contributed by atoms with van der Waals surface area (Å²) in [5.74, 6) is -0.780. The van der Waals surface area contributed by atoms with Crippen LogP contribution in [0.15, 0.2) is 54.6 Å². The Kier molecular flexibility index (Phi) is 3.10. The van der Waals surface area contributed by atoms with Gasteiger partial charge in [0.25, 0.3) is 0 Å². The van der Waals surface area contributed by atoms with E-state index in [2.05, 4.69) is 0 Å². The molecule has 4 N–H and O–H groups in total. The molecule has 2 rings (SSSR count). The van der Waals surface area contributed by atoms with Crippen molar-refractivity contribution in [2.75, 3.05) is 5.73 Å². The highest BCUT2D eigenvalue weighted by Crippen LogP contribution is 2.24. The number of amides is 1. The average molecular weight is 226 g/mol. The Morgan fingerprint density at radius 3 is 1.94 bits per heavy atom. The first kappa shape index (κ1) is 11.2. The van der Waals surface area contributed by atoms with Crippen molar-refractivity contribution in [1.29, 1.82) is 0 Å². The van der Waals surface area contributed by atoms with Crippen LogP contribution < -0.4 is 11.5 Å². The van der Waals surface area contributed by atoms with Crippen LogP contribution >= 0.6 is 0 Å². The van der Waals surface area contributed by atoms with Crippen LogP contribution in [0.1, 0.15) is 17.0 Å². The van der Waals surface area contributed by atoms with Crippen molar-refractivity contribution in [3.05, 3.63) is 65.7 Å². The minimum atomic E-state index is -0.420. The van der Waals surface area contributed by atoms with Crippen molar-refractivity contribution in [2.24, 2.45) is 5.73 Å². The lowest BCUT2D eigenvalue weighted by Gasteiger charge is -2.14. The standard InChI is InChI=1S/C14H14N2O/c15-12-8-6-11(7-9-12)13(14(16)17)10-4-2-1-3-5-10/h1-9,13H,15H2,(H2,16,17). The van der Waals surface area contributed by atoms with Crippen LogP contribution in [0.5, 0.6) is 0 Å². The summed E-state index contributed by atoms with van der Waals surface area (Å²) < 4.78 is 0. The molecule has 1 unspecified atom stereocenters. The predicted octanol–water partition coefficient (Wildman–Crippen LogP) is 1.89. The van der Waals surface area contributed by atoms with E-state index in [1.165, 1.54) is 0 Å². The third-order valence-electron chi connectivity index (χ3n) is 2.69. The quantitative estimate of drug-likeness (QED) is 0.784. The second-order valence-corrected chi connectivity index (χ2v) is 3.91. The van der Waals surface area contributed by atoms with Gasteiger partial charge in [-0.2, -0.15) is 0 Å². The summed E-state index contributed by atoms with van der Waals surface area (Å²) >= 11 is 0. The molecule has 0 aromatic heterocycles. The number of nitrogens with two attached hydrogens (primary N) is 2. The molecule has 0 radical (unpaired) electrons. The van der Waals surface area contributed by atoms with Gasteiger partial charge in [-0.25, -0.2) is 0 Å². The smallest absolute Gasteiger partial charge is 0.229 e. The van der Waals surface area contributed by atoms with E-state index in [4.69, 9.17) is 11.5 Å². The average Bonchev–Trinajstić information content (AvgIpc) is 2.33. The third kappa shape index (κ3) is 2.45. The van der Waals surface area contributed by atoms with E-state index in [0.717, 1.165) is 11.1 Å². The van der Waals surface area contributed by atoms with Gasteiger partial charge in [-0.05, 0) is 23.3 Å². The van der Waals surface area contributed by atoms with E-state index in [0.29, 0.717) is 5.69 Å². The molecule has 2 aromatic rings. The van der Waals surface area contributed by atoms with E-state index in [1.807, 2.05) is 42.5 Å². The first-order valence-electron chi connectivity index (χ1n) is 5.38. The van der Waals surface area contributed by atoms with Gasteiger partial charge in [0.05, 0.1) is 5.92 Å². The lowest BCUT2D eigenvalue weighted by molar-refractivity contribution is -0.118. The van der Waals surface area contributed by atoms with Gasteiger partial charge in [0.15, 0.2) is 0 Å². The van der Waals surface area contributed by atoms with Crippen molar-refractivity contribution in [3.63, 3.8) is 0 Å². The predicted molar refractivity (Wildman–Crippen MR) is 68.3 cm³/mol. The summed E-state index contributed by atoms with van der Waals surface area (Å²) in [6, 6.07) is 16.7. The number of carbonyl (C=O) groups is 1. The van der Waals surface area contributed by atoms with Gasteiger partial charge >= 0.3 is 0 Å². The van der Waals surface area contributed by atoms with Crippen LogP contribution in [-0.2, 0) is 4.79 Å². The topological polar surface area (TPSA) is 69.1 Å². The normalized spacial score (nSPS) is 12.0. The Bertz CT molecular complexity index is 506. The summed E-state index contributed by atoms with van der Waals surface area (Å²) in [6.07, 6.45) is 0. The molecule has 1 amide bonds. The summed E-state index contributed by atoms with van der Waals surface area (Å²) in [5, 5.41) is 0. The van der Waals surface area contributed by atoms with Gasteiger partial charge in [-0.3, -0.25) is 4.79 Å². The number of hydrogen-bond acceptors (Lipinski definition) is 2. The highest BCUT2D eigenvalue weighted by Gasteiger charge is 2.19. The van der Waals surface area contributed by atoms with Crippen LogP contribution in [0.2, 0.25) is 0 Å². The minimum Gasteiger partial charge on any atom is -0.399 e. The van der Waals surface area contributed by atoms with Crippen LogP contribution in [0.25, 0.3) is 0 Å². The molecule has 0 bridgehead atoms. The fraction of sp³-hybridized carbons (Fsp3) is 0.0714. The third-order valence-corrected chi connectivity index (χ3v) is 2.69. The molecular weight excluding hydrogens is 212 g/mol. The maximum Gasteiger partial charge on any atom is 0.229 e. The molecule has 0 heterocycles. The summed E-state index contributed by atoms with van der Waals surface area (Å²) in [4.78, 5) is 11.6. The summed E-state index contributed by atoms with van der Waals surface area (Å²) in [7, 11) is 0. The fourth-order valence-electron chi connectivity index (χ4n) is 1.85. The fourth-order valence-corrected chi connectivity index (χ4v) is 1.85. The second kappa shape index (κ2) is 4.70. The Labute approximate surface area is 100 Å². The van der Waals surface area contributed by atoms with Crippen LogP contribution in [0, 0.1) is 0 Å². The zero-order chi connectivity index (χ0) is 12.3. The monoisotopic (exact) mass is 226 g/mol. The summed E-state index contributed by atoms with van der Waals surface area (Å²) in [5.41, 5.74) is 13.5. The van der Waals surface area contributed by atoms with E-state index in [-0.39, 0.29) is 5.91 Å². The van der Waals surface area contributed by atoms with Gasteiger partial charge in [-0.15, -0.1) is 0 Å². The van der Waals surface area contributed by atoms with E-state index < -0.39 is 5.92 Å². The highest BCUT2D eigenvalue weighted by atomic mass is 16.1. The summed E-state index contributed by atoms with van der Waals surface area (Å²) in [6.45, 7) is 0. The van der Waals surface area contributed by atoms with Crippen molar-refractivity contribution >= 4 is 11.6 Å². The van der Waals surface area contributed by atoms with Crippen molar-refractivity contribution in [3.8, 4) is 0 Å². The number of carbonyl (C=O) groups excluding carboxylic acids is 1. The Hall–Kier alpha value is -2.29. The lowest BCUT2D eigenvalue weighted by atomic mass is 9.91. The Morgan fingerprint density at radius 2 is 1.41 bits per heavy atom. The molecule has 0 aliphatic carbocycles. The maximum absolute atomic E-state index is 11.6. The number of rotatable bonds is 3. The van der Waals surface area contributed by atoms with E-state index in [1.54, 1.807) is 12.1 Å². The van der Waals surface area contributed by atoms with Gasteiger partial charge in [-0.1, -0.05) is 42.5 Å². The van der Waals surface area contributed by atoms with Gasteiger partial charge in [0, 0.05) is 5.69 Å². The molecule has 0 fully saturated rings. The number of anilines is 1. The van der Waals surface area contributed by atoms with Crippen molar-refractivity contribution in [2.45, 2.75) is 5.92 Å². The molecule has 0 saturated heterocycles. The van der Waals surface area contributed by atoms with Crippen LogP contribution in [0.4, 0.5) is 5.69 Å². The van der Waals surface area contributed by atoms with Crippen molar-refractivity contribution < 1.29 is 4.79 Å². The number of benzene rings is 2. The van der Waals surface area contributed by atoms with Crippen molar-refractivity contribution in [1.82, 2.24) is 0 Å². The lowest BCUT2D eigenvalue weighted by Crippen LogP contribution is -2.22. The van der Waals surface area contributed by atoms with Crippen LogP contribution in [-0.4, -0.2) is 5.91 Å². The molecule has 0 spiro atoms. The van der Waals surface area contributed by atoms with E-state index in [9.17, 15) is 4.79 Å². The molecule has 86 valence electrons. The number of primary amides is 1. The molecule has 3 heteroatoms. The largest absolute Gasteiger partial charge is 0.399 e. The van der Waals surface area contributed by atoms with Crippen LogP contribution in [0.3, 0.4) is 0 Å². The SMILES string of the molecule is NC(=O)C(c1ccccc1)c1ccc(N)cc1. The highest BCUT2D eigenvalue weighted by molar-refractivity contribution is 5.85. The second-order valence-electron chi connectivity index (χ2n) is 3.91. The minimum absolute atomic E-state index is 0.360. The molecule has 0 saturated carbocycles. The van der Waals surface area contributed by atoms with Gasteiger partial charge < -0.3 is 11.5 Å².